The Balaban J connectivity index is 2.86. The van der Waals surface area contributed by atoms with Gasteiger partial charge in [-0.05, 0) is 13.0 Å². The Morgan fingerprint density at radius 3 is 2.56 bits per heavy atom. The summed E-state index contributed by atoms with van der Waals surface area (Å²) in [5.41, 5.74) is 2.84. The Morgan fingerprint density at radius 2 is 2.11 bits per heavy atom. The first-order chi connectivity index (χ1) is 4.38. The first-order valence-electron chi connectivity index (χ1n) is 2.82. The zero-order valence-electron chi connectivity index (χ0n) is 5.05. The lowest BCUT2D eigenvalue weighted by Crippen LogP contribution is -1.78. The van der Waals surface area contributed by atoms with Gasteiger partial charge in [0, 0.05) is 5.56 Å². The summed E-state index contributed by atoms with van der Waals surface area (Å²) in [5, 5.41) is 0. The molecule has 0 amide bonds. The second-order valence-corrected chi connectivity index (χ2v) is 2.07. The van der Waals surface area contributed by atoms with E-state index in [1.807, 2.05) is 25.1 Å². The summed E-state index contributed by atoms with van der Waals surface area (Å²) in [4.78, 5) is 0. The van der Waals surface area contributed by atoms with Gasteiger partial charge in [-0.15, -0.1) is 0 Å². The third-order valence-electron chi connectivity index (χ3n) is 1.39. The minimum absolute atomic E-state index is 0.843. The van der Waals surface area contributed by atoms with Crippen molar-refractivity contribution in [1.82, 2.24) is 0 Å². The van der Waals surface area contributed by atoms with Crippen molar-refractivity contribution in [3.05, 3.63) is 23.8 Å². The van der Waals surface area contributed by atoms with Crippen molar-refractivity contribution in [3.8, 4) is 0 Å². The van der Waals surface area contributed by atoms with Crippen molar-refractivity contribution in [2.45, 2.75) is 6.92 Å². The van der Waals surface area contributed by atoms with Crippen molar-refractivity contribution >= 4 is 11.2 Å². The number of benzene rings is 1. The zero-order valence-corrected chi connectivity index (χ0v) is 5.05. The second-order valence-electron chi connectivity index (χ2n) is 2.07. The largest absolute Gasteiger partial charge is 0.286 e. The third-order valence-corrected chi connectivity index (χ3v) is 1.39. The Hall–Kier alpha value is -1.18. The predicted molar refractivity (Wildman–Crippen MR) is 33.2 cm³/mol. The molecule has 0 aliphatic rings. The molecule has 0 fully saturated rings. The highest BCUT2D eigenvalue weighted by molar-refractivity contribution is 5.73. The van der Waals surface area contributed by atoms with Gasteiger partial charge in [-0.2, -0.15) is 0 Å². The predicted octanol–water partition coefficient (Wildman–Crippen LogP) is 2.33. The zero-order chi connectivity index (χ0) is 6.27. The number of hydrogen-bond donors (Lipinski definition) is 0. The van der Waals surface area contributed by atoms with Crippen LogP contribution in [0.5, 0.6) is 0 Å². The molecule has 0 radical (unpaired) electrons. The smallest absolute Gasteiger partial charge is 0.228 e. The van der Waals surface area contributed by atoms with E-state index in [1.54, 1.807) is 0 Å². The maximum Gasteiger partial charge on any atom is 0.228 e. The lowest BCUT2D eigenvalue weighted by molar-refractivity contribution is 0.0583. The highest BCUT2D eigenvalue weighted by Crippen LogP contribution is 2.20. The molecule has 0 saturated heterocycles. The van der Waals surface area contributed by atoms with Gasteiger partial charge < -0.3 is 0 Å². The van der Waals surface area contributed by atoms with Crippen LogP contribution >= 0.6 is 0 Å². The quantitative estimate of drug-likeness (QED) is 0.501. The molecule has 2 heteroatoms. The molecule has 0 unspecified atom stereocenters. The number of hydrogen-bond acceptors (Lipinski definition) is 2. The Bertz CT molecular complexity index is 316. The Labute approximate surface area is 52.0 Å². The van der Waals surface area contributed by atoms with Crippen LogP contribution in [0.25, 0.3) is 11.2 Å². The van der Waals surface area contributed by atoms with Crippen LogP contribution in [0.2, 0.25) is 0 Å². The van der Waals surface area contributed by atoms with Crippen molar-refractivity contribution < 1.29 is 9.15 Å². The molecular formula is C7H6O2. The van der Waals surface area contributed by atoms with Gasteiger partial charge >= 0.3 is 0 Å². The molecule has 0 aliphatic carbocycles. The standard InChI is InChI=1S/C7H6O2/c1-5-3-2-4-6-7(5)9-8-6/h2-4H,1H3. The van der Waals surface area contributed by atoms with E-state index in [1.165, 1.54) is 0 Å². The molecule has 0 bridgehead atoms. The molecule has 1 aromatic heterocycles. The van der Waals surface area contributed by atoms with Crippen LogP contribution in [0.3, 0.4) is 0 Å². The summed E-state index contributed by atoms with van der Waals surface area (Å²) in [6.45, 7) is 1.99. The van der Waals surface area contributed by atoms with Gasteiger partial charge in [0.1, 0.15) is 0 Å². The SMILES string of the molecule is Cc1cccc2ooc12. The molecule has 0 N–H and O–H groups in total. The fourth-order valence-corrected chi connectivity index (χ4v) is 0.850. The fraction of sp³-hybridized carbons (Fsp3) is 0.143. The van der Waals surface area contributed by atoms with Crippen LogP contribution in [0.15, 0.2) is 27.4 Å². The summed E-state index contributed by atoms with van der Waals surface area (Å²) >= 11 is 0. The van der Waals surface area contributed by atoms with E-state index in [9.17, 15) is 0 Å². The number of fused-ring (bicyclic) bond motifs is 1. The van der Waals surface area contributed by atoms with Crippen molar-refractivity contribution in [3.63, 3.8) is 0 Å². The average molecular weight is 122 g/mol. The van der Waals surface area contributed by atoms with Crippen molar-refractivity contribution in [2.75, 3.05) is 0 Å². The van der Waals surface area contributed by atoms with Crippen LogP contribution in [0.4, 0.5) is 0 Å². The van der Waals surface area contributed by atoms with Gasteiger partial charge in [-0.3, -0.25) is 9.15 Å². The van der Waals surface area contributed by atoms with E-state index >= 15 is 0 Å². The van der Waals surface area contributed by atoms with E-state index in [-0.39, 0.29) is 0 Å². The van der Waals surface area contributed by atoms with Gasteiger partial charge in [0.15, 0.2) is 0 Å². The minimum Gasteiger partial charge on any atom is -0.286 e. The summed E-state index contributed by atoms with van der Waals surface area (Å²) < 4.78 is 9.36. The summed E-state index contributed by atoms with van der Waals surface area (Å²) in [6, 6.07) is 5.81. The van der Waals surface area contributed by atoms with E-state index in [0.29, 0.717) is 0 Å². The van der Waals surface area contributed by atoms with E-state index < -0.39 is 0 Å². The summed E-state index contributed by atoms with van der Waals surface area (Å²) in [6.07, 6.45) is 0. The lowest BCUT2D eigenvalue weighted by atomic mass is 10.2. The van der Waals surface area contributed by atoms with Gasteiger partial charge in [-0.1, -0.05) is 12.1 Å². The second kappa shape index (κ2) is 1.41. The molecule has 2 nitrogen and oxygen atoms in total. The molecule has 1 aromatic carbocycles. The monoisotopic (exact) mass is 122 g/mol. The van der Waals surface area contributed by atoms with E-state index in [0.717, 1.165) is 16.7 Å². The van der Waals surface area contributed by atoms with Gasteiger partial charge in [0.05, 0.1) is 0 Å². The maximum atomic E-state index is 4.71. The number of rotatable bonds is 0. The van der Waals surface area contributed by atoms with Crippen molar-refractivity contribution in [1.29, 1.82) is 0 Å². The van der Waals surface area contributed by atoms with Gasteiger partial charge in [0.25, 0.3) is 0 Å². The molecule has 0 spiro atoms. The van der Waals surface area contributed by atoms with Gasteiger partial charge in [-0.25, -0.2) is 0 Å². The maximum absolute atomic E-state index is 4.71. The Kier molecular flexibility index (Phi) is 0.730. The third kappa shape index (κ3) is 0.499. The molecule has 0 aliphatic heterocycles. The lowest BCUT2D eigenvalue weighted by Gasteiger charge is -1.98. The van der Waals surface area contributed by atoms with Crippen LogP contribution in [0, 0.1) is 6.92 Å². The van der Waals surface area contributed by atoms with E-state index in [2.05, 4.69) is 4.58 Å². The highest BCUT2D eigenvalue weighted by Gasteiger charge is 2.04. The minimum atomic E-state index is 0.843. The normalized spacial score (nSPS) is 10.8. The topological polar surface area (TPSA) is 26.3 Å². The first kappa shape index (κ1) is 4.68. The van der Waals surface area contributed by atoms with Crippen LogP contribution in [0.1, 0.15) is 5.56 Å². The summed E-state index contributed by atoms with van der Waals surface area (Å²) in [5.74, 6) is 0. The molecule has 1 heterocycles. The van der Waals surface area contributed by atoms with Crippen LogP contribution in [-0.2, 0) is 0 Å². The van der Waals surface area contributed by atoms with Crippen LogP contribution in [-0.4, -0.2) is 0 Å². The van der Waals surface area contributed by atoms with Gasteiger partial charge in [0.2, 0.25) is 11.2 Å². The Morgan fingerprint density at radius 1 is 1.22 bits per heavy atom. The van der Waals surface area contributed by atoms with Crippen molar-refractivity contribution in [2.24, 2.45) is 0 Å². The number of para-hydroxylation sites is 1. The van der Waals surface area contributed by atoms with Crippen LogP contribution < -0.4 is 0 Å². The molecule has 2 rings (SSSR count). The highest BCUT2D eigenvalue weighted by atomic mass is 17.0. The average Bonchev–Trinajstić information content (AvgIpc) is 1.74. The molecule has 0 saturated carbocycles. The first-order valence-corrected chi connectivity index (χ1v) is 2.82. The molecular weight excluding hydrogens is 116 g/mol. The number of aryl methyl sites for hydroxylation is 1. The molecule has 0 atom stereocenters. The molecule has 2 aromatic rings. The molecule has 9 heavy (non-hydrogen) atoms. The van der Waals surface area contributed by atoms with E-state index in [4.69, 9.17) is 4.58 Å². The summed E-state index contributed by atoms with van der Waals surface area (Å²) in [7, 11) is 0. The molecule has 46 valence electrons. The fourth-order valence-electron chi connectivity index (χ4n) is 0.850.